The van der Waals surface area contributed by atoms with Crippen molar-refractivity contribution in [3.8, 4) is 5.75 Å². The third-order valence-electron chi connectivity index (χ3n) is 2.09. The van der Waals surface area contributed by atoms with Crippen molar-refractivity contribution in [3.63, 3.8) is 0 Å². The fourth-order valence-electron chi connectivity index (χ4n) is 1.23. The zero-order valence-corrected chi connectivity index (χ0v) is 9.37. The van der Waals surface area contributed by atoms with Crippen molar-refractivity contribution in [3.05, 3.63) is 36.7 Å². The largest absolute Gasteiger partial charge is 0.482 e. The van der Waals surface area contributed by atoms with Gasteiger partial charge in [0.05, 0.1) is 12.4 Å². The highest BCUT2D eigenvalue weighted by Crippen LogP contribution is 2.13. The first kappa shape index (κ1) is 10.6. The van der Waals surface area contributed by atoms with Gasteiger partial charge < -0.3 is 4.74 Å². The zero-order chi connectivity index (χ0) is 11.4. The van der Waals surface area contributed by atoms with Crippen molar-refractivity contribution in [1.82, 2.24) is 19.7 Å². The van der Waals surface area contributed by atoms with Gasteiger partial charge in [0, 0.05) is 18.4 Å². The number of hydrogen-bond acceptors (Lipinski definition) is 4. The van der Waals surface area contributed by atoms with Crippen molar-refractivity contribution in [1.29, 1.82) is 0 Å². The summed E-state index contributed by atoms with van der Waals surface area (Å²) in [6.07, 6.45) is 6.96. The van der Waals surface area contributed by atoms with Gasteiger partial charge in [-0.1, -0.05) is 0 Å². The third-order valence-corrected chi connectivity index (χ3v) is 2.09. The molecule has 5 heteroatoms. The summed E-state index contributed by atoms with van der Waals surface area (Å²) in [6, 6.07) is 2.12. The summed E-state index contributed by atoms with van der Waals surface area (Å²) in [6.45, 7) is 4.50. The van der Waals surface area contributed by atoms with Crippen LogP contribution in [0.3, 0.4) is 0 Å². The molecule has 0 aromatic carbocycles. The van der Waals surface area contributed by atoms with Gasteiger partial charge in [-0.2, -0.15) is 5.10 Å². The van der Waals surface area contributed by atoms with E-state index in [0.29, 0.717) is 18.5 Å². The van der Waals surface area contributed by atoms with Gasteiger partial charge in [0.15, 0.2) is 11.6 Å². The molecule has 5 nitrogen and oxygen atoms in total. The first-order chi connectivity index (χ1) is 7.75. The molecular weight excluding hydrogens is 204 g/mol. The van der Waals surface area contributed by atoms with E-state index in [9.17, 15) is 0 Å². The highest BCUT2D eigenvalue weighted by atomic mass is 16.5. The van der Waals surface area contributed by atoms with Crippen LogP contribution in [0.1, 0.15) is 25.7 Å². The van der Waals surface area contributed by atoms with Gasteiger partial charge in [-0.05, 0) is 19.9 Å². The molecule has 2 aromatic rings. The zero-order valence-electron chi connectivity index (χ0n) is 9.37. The Morgan fingerprint density at radius 2 is 2.06 bits per heavy atom. The molecule has 0 unspecified atom stereocenters. The van der Waals surface area contributed by atoms with Gasteiger partial charge in [0.25, 0.3) is 0 Å². The minimum atomic E-state index is 0.338. The van der Waals surface area contributed by atoms with E-state index in [1.165, 1.54) is 0 Å². The molecular formula is C11H14N4O. The third kappa shape index (κ3) is 2.56. The van der Waals surface area contributed by atoms with Crippen molar-refractivity contribution in [2.24, 2.45) is 0 Å². The van der Waals surface area contributed by atoms with Gasteiger partial charge in [0.2, 0.25) is 0 Å². The Morgan fingerprint density at radius 3 is 2.69 bits per heavy atom. The molecule has 84 valence electrons. The molecule has 0 aliphatic heterocycles. The van der Waals surface area contributed by atoms with Crippen LogP contribution in [0.25, 0.3) is 0 Å². The molecule has 0 aliphatic rings. The minimum absolute atomic E-state index is 0.338. The van der Waals surface area contributed by atoms with E-state index in [1.54, 1.807) is 24.7 Å². The maximum Gasteiger partial charge on any atom is 0.166 e. The molecule has 16 heavy (non-hydrogen) atoms. The van der Waals surface area contributed by atoms with Gasteiger partial charge in [-0.15, -0.1) is 0 Å². The van der Waals surface area contributed by atoms with E-state index in [1.807, 2.05) is 10.9 Å². The van der Waals surface area contributed by atoms with Gasteiger partial charge in [0.1, 0.15) is 6.61 Å². The number of rotatable bonds is 4. The minimum Gasteiger partial charge on any atom is -0.482 e. The maximum atomic E-state index is 5.51. The molecule has 0 spiro atoms. The number of hydrogen-bond donors (Lipinski definition) is 0. The molecule has 0 saturated heterocycles. The molecule has 0 amide bonds. The van der Waals surface area contributed by atoms with Crippen molar-refractivity contribution >= 4 is 0 Å². The van der Waals surface area contributed by atoms with Gasteiger partial charge in [-0.3, -0.25) is 4.68 Å². The first-order valence-electron chi connectivity index (χ1n) is 5.18. The summed E-state index contributed by atoms with van der Waals surface area (Å²) in [7, 11) is 0. The fraction of sp³-hybridized carbons (Fsp3) is 0.364. The van der Waals surface area contributed by atoms with Gasteiger partial charge >= 0.3 is 0 Å². The Bertz CT molecular complexity index is 438. The van der Waals surface area contributed by atoms with Crippen LogP contribution in [0.15, 0.2) is 30.9 Å². The Labute approximate surface area is 94.1 Å². The predicted octanol–water partition coefficient (Wildman–Crippen LogP) is 1.83. The van der Waals surface area contributed by atoms with E-state index in [2.05, 4.69) is 28.9 Å². The van der Waals surface area contributed by atoms with Crippen LogP contribution in [0, 0.1) is 0 Å². The SMILES string of the molecule is CC(C)n1cc(OCc2ncccn2)cn1. The number of aromatic nitrogens is 4. The van der Waals surface area contributed by atoms with Crippen molar-refractivity contribution < 1.29 is 4.74 Å². The van der Waals surface area contributed by atoms with Crippen LogP contribution < -0.4 is 4.74 Å². The first-order valence-corrected chi connectivity index (χ1v) is 5.18. The predicted molar refractivity (Wildman–Crippen MR) is 59.0 cm³/mol. The molecule has 0 radical (unpaired) electrons. The summed E-state index contributed by atoms with van der Waals surface area (Å²) in [5.74, 6) is 1.40. The normalized spacial score (nSPS) is 10.7. The van der Waals surface area contributed by atoms with Crippen LogP contribution in [0.5, 0.6) is 5.75 Å². The standard InChI is InChI=1S/C11H14N4O/c1-9(2)15-7-10(6-14-15)16-8-11-12-4-3-5-13-11/h3-7,9H,8H2,1-2H3. The summed E-state index contributed by atoms with van der Waals surface area (Å²) < 4.78 is 7.36. The van der Waals surface area contributed by atoms with E-state index in [4.69, 9.17) is 4.74 Å². The molecule has 0 saturated carbocycles. The van der Waals surface area contributed by atoms with Crippen LogP contribution in [0.2, 0.25) is 0 Å². The molecule has 0 N–H and O–H groups in total. The smallest absolute Gasteiger partial charge is 0.166 e. The van der Waals surface area contributed by atoms with E-state index >= 15 is 0 Å². The second-order valence-electron chi connectivity index (χ2n) is 3.70. The average molecular weight is 218 g/mol. The fourth-order valence-corrected chi connectivity index (χ4v) is 1.23. The Hall–Kier alpha value is -1.91. The van der Waals surface area contributed by atoms with Crippen molar-refractivity contribution in [2.45, 2.75) is 26.5 Å². The van der Waals surface area contributed by atoms with Crippen LogP contribution in [-0.4, -0.2) is 19.7 Å². The quantitative estimate of drug-likeness (QED) is 0.785. The van der Waals surface area contributed by atoms with E-state index < -0.39 is 0 Å². The molecule has 2 rings (SSSR count). The molecule has 0 bridgehead atoms. The van der Waals surface area contributed by atoms with Crippen LogP contribution >= 0.6 is 0 Å². The maximum absolute atomic E-state index is 5.51. The monoisotopic (exact) mass is 218 g/mol. The molecule has 2 heterocycles. The summed E-state index contributed by atoms with van der Waals surface area (Å²) in [4.78, 5) is 8.14. The number of ether oxygens (including phenoxy) is 1. The second-order valence-corrected chi connectivity index (χ2v) is 3.70. The Balaban J connectivity index is 1.95. The summed E-state index contributed by atoms with van der Waals surface area (Å²) in [5, 5.41) is 4.18. The lowest BCUT2D eigenvalue weighted by Gasteiger charge is -2.03. The summed E-state index contributed by atoms with van der Waals surface area (Å²) in [5.41, 5.74) is 0. The lowest BCUT2D eigenvalue weighted by molar-refractivity contribution is 0.295. The molecule has 0 fully saturated rings. The topological polar surface area (TPSA) is 52.8 Å². The molecule has 0 atom stereocenters. The lowest BCUT2D eigenvalue weighted by atomic mass is 10.4. The van der Waals surface area contributed by atoms with E-state index in [0.717, 1.165) is 5.75 Å². The van der Waals surface area contributed by atoms with Crippen LogP contribution in [0.4, 0.5) is 0 Å². The van der Waals surface area contributed by atoms with Crippen LogP contribution in [-0.2, 0) is 6.61 Å². The number of nitrogens with zero attached hydrogens (tertiary/aromatic N) is 4. The Morgan fingerprint density at radius 1 is 1.31 bits per heavy atom. The highest BCUT2D eigenvalue weighted by Gasteiger charge is 2.03. The van der Waals surface area contributed by atoms with Crippen molar-refractivity contribution in [2.75, 3.05) is 0 Å². The second kappa shape index (κ2) is 4.74. The van der Waals surface area contributed by atoms with E-state index in [-0.39, 0.29) is 0 Å². The highest BCUT2D eigenvalue weighted by molar-refractivity contribution is 5.12. The molecule has 2 aromatic heterocycles. The summed E-state index contributed by atoms with van der Waals surface area (Å²) >= 11 is 0. The van der Waals surface area contributed by atoms with Gasteiger partial charge in [-0.25, -0.2) is 9.97 Å². The Kier molecular flexibility index (Phi) is 3.14. The molecule has 0 aliphatic carbocycles. The average Bonchev–Trinajstić information content (AvgIpc) is 2.76. The lowest BCUT2D eigenvalue weighted by Crippen LogP contribution is -2.01.